The van der Waals surface area contributed by atoms with Crippen molar-refractivity contribution in [2.45, 2.75) is 88.3 Å². The Balaban J connectivity index is 1.34. The molecule has 0 unspecified atom stereocenters. The SMILES string of the molecule is CC(C)(F)c1nc(C23CCC(CN(C(=O)OC4CC(F)(F)C4)c4cc(I)c(F)cn4)(CC2)CC3)no1. The lowest BCUT2D eigenvalue weighted by atomic mass is 9.53. The Hall–Kier alpha value is -1.99. The number of carbonyl (C=O) groups excluding carboxylic acids is 1. The van der Waals surface area contributed by atoms with Gasteiger partial charge in [-0.05, 0) is 86.4 Å². The molecule has 0 aliphatic heterocycles. The van der Waals surface area contributed by atoms with Crippen molar-refractivity contribution in [1.29, 1.82) is 0 Å². The fraction of sp³-hybridized carbons (Fsp3) is 0.667. The number of aromatic nitrogens is 3. The molecule has 36 heavy (non-hydrogen) atoms. The van der Waals surface area contributed by atoms with Crippen molar-refractivity contribution in [3.63, 3.8) is 0 Å². The van der Waals surface area contributed by atoms with Crippen molar-refractivity contribution >= 4 is 34.5 Å². The number of halogens is 5. The Morgan fingerprint density at radius 2 is 1.86 bits per heavy atom. The van der Waals surface area contributed by atoms with Crippen LogP contribution in [0, 0.1) is 14.8 Å². The maximum Gasteiger partial charge on any atom is 0.415 e. The second-order valence-electron chi connectivity index (χ2n) is 11.0. The smallest absolute Gasteiger partial charge is 0.415 e. The van der Waals surface area contributed by atoms with E-state index < -0.39 is 42.4 Å². The van der Waals surface area contributed by atoms with Crippen LogP contribution in [0.2, 0.25) is 0 Å². The minimum absolute atomic E-state index is 0.0400. The van der Waals surface area contributed by atoms with Crippen LogP contribution in [0.15, 0.2) is 16.8 Å². The summed E-state index contributed by atoms with van der Waals surface area (Å²) >= 11 is 1.82. The summed E-state index contributed by atoms with van der Waals surface area (Å²) in [4.78, 5) is 23.0. The highest BCUT2D eigenvalue weighted by molar-refractivity contribution is 14.1. The number of rotatable bonds is 6. The zero-order valence-electron chi connectivity index (χ0n) is 20.0. The van der Waals surface area contributed by atoms with Gasteiger partial charge in [0, 0.05) is 24.8 Å². The lowest BCUT2D eigenvalue weighted by molar-refractivity contribution is -0.143. The quantitative estimate of drug-likeness (QED) is 0.272. The summed E-state index contributed by atoms with van der Waals surface area (Å²) in [5, 5.41) is 4.09. The Morgan fingerprint density at radius 1 is 1.22 bits per heavy atom. The van der Waals surface area contributed by atoms with Gasteiger partial charge >= 0.3 is 6.09 Å². The van der Waals surface area contributed by atoms with Crippen LogP contribution in [-0.4, -0.2) is 39.8 Å². The van der Waals surface area contributed by atoms with E-state index in [9.17, 15) is 22.4 Å². The molecule has 0 N–H and O–H groups in total. The molecule has 4 fully saturated rings. The maximum absolute atomic E-state index is 14.3. The lowest BCUT2D eigenvalue weighted by Gasteiger charge is -2.53. The van der Waals surface area contributed by atoms with Crippen molar-refractivity contribution in [3.05, 3.63) is 33.4 Å². The molecule has 2 heterocycles. The van der Waals surface area contributed by atoms with E-state index >= 15 is 0 Å². The zero-order valence-corrected chi connectivity index (χ0v) is 22.2. The monoisotopic (exact) mass is 622 g/mol. The Morgan fingerprint density at radius 3 is 2.39 bits per heavy atom. The molecule has 7 nitrogen and oxygen atoms in total. The van der Waals surface area contributed by atoms with E-state index in [0.717, 1.165) is 44.7 Å². The Bertz CT molecular complexity index is 1140. The van der Waals surface area contributed by atoms with Crippen LogP contribution in [0.4, 0.5) is 28.2 Å². The van der Waals surface area contributed by atoms with Gasteiger partial charge in [0.2, 0.25) is 0 Å². The molecule has 4 aliphatic carbocycles. The van der Waals surface area contributed by atoms with Gasteiger partial charge in [-0.2, -0.15) is 4.98 Å². The van der Waals surface area contributed by atoms with Crippen molar-refractivity contribution < 1.29 is 31.6 Å². The van der Waals surface area contributed by atoms with Crippen molar-refractivity contribution in [3.8, 4) is 0 Å². The number of pyridine rings is 1. The molecule has 0 spiro atoms. The first-order chi connectivity index (χ1) is 16.8. The van der Waals surface area contributed by atoms with Crippen LogP contribution in [0.3, 0.4) is 0 Å². The number of fused-ring (bicyclic) bond motifs is 3. The molecule has 2 aromatic rings. The van der Waals surface area contributed by atoms with Crippen molar-refractivity contribution in [2.75, 3.05) is 11.4 Å². The highest BCUT2D eigenvalue weighted by atomic mass is 127. The minimum atomic E-state index is -2.82. The molecule has 12 heteroatoms. The zero-order chi connectivity index (χ0) is 25.9. The van der Waals surface area contributed by atoms with Crippen LogP contribution >= 0.6 is 22.6 Å². The second-order valence-corrected chi connectivity index (χ2v) is 12.2. The Kier molecular flexibility index (Phi) is 6.27. The summed E-state index contributed by atoms with van der Waals surface area (Å²) in [5.74, 6) is -2.63. The van der Waals surface area contributed by atoms with E-state index in [1.165, 1.54) is 24.8 Å². The highest BCUT2D eigenvalue weighted by Crippen LogP contribution is 2.57. The molecule has 2 aromatic heterocycles. The minimum Gasteiger partial charge on any atom is -0.445 e. The largest absolute Gasteiger partial charge is 0.445 e. The van der Waals surface area contributed by atoms with E-state index in [1.807, 2.05) is 22.6 Å². The summed E-state index contributed by atoms with van der Waals surface area (Å²) in [6.45, 7) is 3.02. The topological polar surface area (TPSA) is 81.4 Å². The molecule has 0 aromatic carbocycles. The van der Waals surface area contributed by atoms with Crippen LogP contribution in [0.25, 0.3) is 0 Å². The average Bonchev–Trinajstić information content (AvgIpc) is 3.31. The van der Waals surface area contributed by atoms with Crippen LogP contribution in [0.5, 0.6) is 0 Å². The molecule has 0 saturated heterocycles. The number of hydrogen-bond donors (Lipinski definition) is 0. The number of hydrogen-bond acceptors (Lipinski definition) is 6. The fourth-order valence-corrected chi connectivity index (χ4v) is 5.96. The summed E-state index contributed by atoms with van der Waals surface area (Å²) in [5.41, 5.74) is -2.28. The first-order valence-electron chi connectivity index (χ1n) is 12.0. The molecule has 4 aliphatic rings. The van der Waals surface area contributed by atoms with Crippen LogP contribution in [0.1, 0.15) is 76.9 Å². The maximum atomic E-state index is 14.3. The van der Waals surface area contributed by atoms with Gasteiger partial charge in [-0.25, -0.2) is 27.3 Å². The molecule has 2 bridgehead atoms. The summed E-state index contributed by atoms with van der Waals surface area (Å²) < 4.78 is 65.6. The van der Waals surface area contributed by atoms with Gasteiger partial charge in [0.1, 0.15) is 11.9 Å². The van der Waals surface area contributed by atoms with E-state index in [-0.39, 0.29) is 32.7 Å². The number of carbonyl (C=O) groups is 1. The van der Waals surface area contributed by atoms with Gasteiger partial charge in [-0.1, -0.05) is 5.16 Å². The van der Waals surface area contributed by atoms with E-state index in [4.69, 9.17) is 9.26 Å². The number of nitrogens with zero attached hydrogens (tertiary/aromatic N) is 4. The predicted molar refractivity (Wildman–Crippen MR) is 129 cm³/mol. The number of amides is 1. The van der Waals surface area contributed by atoms with Gasteiger partial charge < -0.3 is 9.26 Å². The second kappa shape index (κ2) is 8.80. The van der Waals surface area contributed by atoms with E-state index in [2.05, 4.69) is 15.1 Å². The number of anilines is 1. The first-order valence-corrected chi connectivity index (χ1v) is 13.1. The van der Waals surface area contributed by atoms with Gasteiger partial charge in [0.15, 0.2) is 17.3 Å². The van der Waals surface area contributed by atoms with E-state index in [1.54, 1.807) is 0 Å². The van der Waals surface area contributed by atoms with Gasteiger partial charge in [0.05, 0.1) is 9.77 Å². The van der Waals surface area contributed by atoms with Crippen molar-refractivity contribution in [2.24, 2.45) is 5.41 Å². The predicted octanol–water partition coefficient (Wildman–Crippen LogP) is 6.45. The van der Waals surface area contributed by atoms with Gasteiger partial charge in [0.25, 0.3) is 11.8 Å². The third-order valence-electron chi connectivity index (χ3n) is 7.92. The molecule has 4 saturated carbocycles. The van der Waals surface area contributed by atoms with Crippen LogP contribution in [-0.2, 0) is 15.8 Å². The molecule has 0 atom stereocenters. The highest BCUT2D eigenvalue weighted by Gasteiger charge is 2.53. The lowest BCUT2D eigenvalue weighted by Crippen LogP contribution is -2.52. The molecule has 196 valence electrons. The molecular weight excluding hydrogens is 595 g/mol. The number of alkyl halides is 3. The fourth-order valence-electron chi connectivity index (χ4n) is 5.54. The van der Waals surface area contributed by atoms with E-state index in [0.29, 0.717) is 5.82 Å². The third-order valence-corrected chi connectivity index (χ3v) is 8.74. The molecule has 0 radical (unpaired) electrons. The summed E-state index contributed by atoms with van der Waals surface area (Å²) in [6, 6.07) is 1.46. The third kappa shape index (κ3) is 4.81. The summed E-state index contributed by atoms with van der Waals surface area (Å²) in [7, 11) is 0. The Labute approximate surface area is 219 Å². The molecule has 1 amide bonds. The van der Waals surface area contributed by atoms with Crippen LogP contribution < -0.4 is 4.90 Å². The number of ether oxygens (including phenoxy) is 1. The van der Waals surface area contributed by atoms with Gasteiger partial charge in [-0.3, -0.25) is 4.90 Å². The van der Waals surface area contributed by atoms with Crippen molar-refractivity contribution in [1.82, 2.24) is 15.1 Å². The summed E-state index contributed by atoms with van der Waals surface area (Å²) in [6.07, 6.45) is 2.89. The normalized spacial score (nSPS) is 27.5. The van der Waals surface area contributed by atoms with Gasteiger partial charge in [-0.15, -0.1) is 0 Å². The average molecular weight is 622 g/mol. The molecule has 6 rings (SSSR count). The first kappa shape index (κ1) is 25.7. The molecular formula is C24H27F4IN4O3. The standard InChI is InChI=1S/C24H27F4IN4O3/c1-21(2,26)19-31-18(32-36-19)23-6-3-22(4-7-23,5-8-23)13-33(17-9-16(29)15(25)12-30-17)20(34)35-14-10-24(27,28)11-14/h9,12,14H,3-8,10-11,13H2,1-2H3.